The van der Waals surface area contributed by atoms with E-state index in [1.54, 1.807) is 31.2 Å². The summed E-state index contributed by atoms with van der Waals surface area (Å²) < 4.78 is 10.2. The lowest BCUT2D eigenvalue weighted by atomic mass is 10.1. The van der Waals surface area contributed by atoms with Crippen LogP contribution in [-0.4, -0.2) is 31.4 Å². The van der Waals surface area contributed by atoms with Gasteiger partial charge in [0.25, 0.3) is 5.91 Å². The molecule has 1 amide bonds. The second kappa shape index (κ2) is 7.94. The summed E-state index contributed by atoms with van der Waals surface area (Å²) in [4.78, 5) is 36.2. The third-order valence-corrected chi connectivity index (χ3v) is 4.78. The Balaban J connectivity index is 2.02. The number of anilines is 1. The molecule has 6 nitrogen and oxygen atoms in total. The van der Waals surface area contributed by atoms with Gasteiger partial charge in [-0.15, -0.1) is 11.3 Å². The van der Waals surface area contributed by atoms with E-state index in [9.17, 15) is 14.4 Å². The molecule has 132 valence electrons. The van der Waals surface area contributed by atoms with E-state index in [0.29, 0.717) is 21.9 Å². The molecule has 7 heteroatoms. The van der Waals surface area contributed by atoms with E-state index >= 15 is 0 Å². The van der Waals surface area contributed by atoms with Gasteiger partial charge in [-0.1, -0.05) is 0 Å². The van der Waals surface area contributed by atoms with E-state index in [2.05, 4.69) is 5.32 Å². The first-order valence-electron chi connectivity index (χ1n) is 7.55. The number of ketones is 1. The fraction of sp³-hybridized carbons (Fsp3) is 0.278. The number of rotatable bonds is 6. The number of carbonyl (C=O) groups is 3. The highest BCUT2D eigenvalue weighted by atomic mass is 32.1. The molecular formula is C18H19NO5S. The second-order valence-corrected chi connectivity index (χ2v) is 6.62. The molecule has 0 atom stereocenters. The smallest absolute Gasteiger partial charge is 0.341 e. The molecule has 2 rings (SSSR count). The molecule has 0 spiro atoms. The molecule has 1 N–H and O–H groups in total. The largest absolute Gasteiger partial charge is 0.484 e. The lowest BCUT2D eigenvalue weighted by Gasteiger charge is -2.08. The number of Topliss-reactive ketones (excluding diaryl/α,β-unsaturated/α-hetero) is 1. The van der Waals surface area contributed by atoms with E-state index in [1.165, 1.54) is 25.4 Å². The standard InChI is InChI=1S/C18H19NO5S/c1-10-12(3)25-17(16(10)18(22)23-4)19-15(21)9-24-14-7-5-13(6-8-14)11(2)20/h5-8H,9H2,1-4H3,(H,19,21). The lowest BCUT2D eigenvalue weighted by Crippen LogP contribution is -2.21. The van der Waals surface area contributed by atoms with Crippen LogP contribution in [0.4, 0.5) is 5.00 Å². The lowest BCUT2D eigenvalue weighted by molar-refractivity contribution is -0.118. The van der Waals surface area contributed by atoms with Gasteiger partial charge >= 0.3 is 5.97 Å². The summed E-state index contributed by atoms with van der Waals surface area (Å²) in [5.41, 5.74) is 1.72. The number of thiophene rings is 1. The Kier molecular flexibility index (Phi) is 5.93. The van der Waals surface area contributed by atoms with Gasteiger partial charge in [0, 0.05) is 10.4 Å². The van der Waals surface area contributed by atoms with Gasteiger partial charge in [-0.2, -0.15) is 0 Å². The van der Waals surface area contributed by atoms with Crippen LogP contribution in [0.5, 0.6) is 5.75 Å². The number of aryl methyl sites for hydroxylation is 1. The molecular weight excluding hydrogens is 342 g/mol. The molecule has 0 saturated heterocycles. The normalized spacial score (nSPS) is 10.2. The van der Waals surface area contributed by atoms with Crippen LogP contribution in [0.3, 0.4) is 0 Å². The highest BCUT2D eigenvalue weighted by Crippen LogP contribution is 2.32. The summed E-state index contributed by atoms with van der Waals surface area (Å²) >= 11 is 1.31. The van der Waals surface area contributed by atoms with Crippen LogP contribution in [-0.2, 0) is 9.53 Å². The van der Waals surface area contributed by atoms with Gasteiger partial charge in [-0.25, -0.2) is 4.79 Å². The zero-order valence-electron chi connectivity index (χ0n) is 14.5. The maximum absolute atomic E-state index is 12.1. The number of benzene rings is 1. The van der Waals surface area contributed by atoms with Gasteiger partial charge in [-0.3, -0.25) is 9.59 Å². The second-order valence-electron chi connectivity index (χ2n) is 5.40. The van der Waals surface area contributed by atoms with Gasteiger partial charge in [0.05, 0.1) is 12.7 Å². The summed E-state index contributed by atoms with van der Waals surface area (Å²) in [6, 6.07) is 6.53. The predicted octanol–water partition coefficient (Wildman–Crippen LogP) is 3.37. The molecule has 0 fully saturated rings. The minimum atomic E-state index is -0.488. The Morgan fingerprint density at radius 1 is 1.12 bits per heavy atom. The molecule has 1 aromatic carbocycles. The molecule has 0 aliphatic heterocycles. The minimum Gasteiger partial charge on any atom is -0.484 e. The number of amides is 1. The van der Waals surface area contributed by atoms with Crippen molar-refractivity contribution in [2.24, 2.45) is 0 Å². The van der Waals surface area contributed by atoms with Crippen molar-refractivity contribution in [1.29, 1.82) is 0 Å². The first-order valence-corrected chi connectivity index (χ1v) is 8.37. The maximum Gasteiger partial charge on any atom is 0.341 e. The third-order valence-electron chi connectivity index (χ3n) is 3.66. The zero-order valence-corrected chi connectivity index (χ0v) is 15.3. The van der Waals surface area contributed by atoms with E-state index in [-0.39, 0.29) is 18.3 Å². The Bertz CT molecular complexity index is 808. The van der Waals surface area contributed by atoms with Crippen LogP contribution < -0.4 is 10.1 Å². The van der Waals surface area contributed by atoms with Crippen molar-refractivity contribution < 1.29 is 23.9 Å². The van der Waals surface area contributed by atoms with Crippen LogP contribution in [0, 0.1) is 13.8 Å². The first-order chi connectivity index (χ1) is 11.8. The molecule has 0 saturated carbocycles. The van der Waals surface area contributed by atoms with Crippen molar-refractivity contribution >= 4 is 34.0 Å². The molecule has 25 heavy (non-hydrogen) atoms. The Hall–Kier alpha value is -2.67. The Morgan fingerprint density at radius 2 is 1.76 bits per heavy atom. The van der Waals surface area contributed by atoms with Gasteiger partial charge in [0.1, 0.15) is 10.8 Å². The van der Waals surface area contributed by atoms with Crippen molar-refractivity contribution in [2.75, 3.05) is 19.0 Å². The van der Waals surface area contributed by atoms with E-state index in [0.717, 1.165) is 10.4 Å². The van der Waals surface area contributed by atoms with Crippen molar-refractivity contribution in [3.05, 3.63) is 45.8 Å². The topological polar surface area (TPSA) is 81.7 Å². The SMILES string of the molecule is COC(=O)c1c(NC(=O)COc2ccc(C(C)=O)cc2)sc(C)c1C. The van der Waals surface area contributed by atoms with E-state index in [4.69, 9.17) is 9.47 Å². The fourth-order valence-corrected chi connectivity index (χ4v) is 3.23. The van der Waals surface area contributed by atoms with E-state index in [1.807, 2.05) is 6.92 Å². The highest BCUT2D eigenvalue weighted by molar-refractivity contribution is 7.16. The van der Waals surface area contributed by atoms with Crippen molar-refractivity contribution in [2.45, 2.75) is 20.8 Å². The molecule has 0 aliphatic carbocycles. The van der Waals surface area contributed by atoms with Crippen molar-refractivity contribution in [3.63, 3.8) is 0 Å². The molecule has 2 aromatic rings. The summed E-state index contributed by atoms with van der Waals surface area (Å²) in [5.74, 6) is -0.435. The number of esters is 1. The van der Waals surface area contributed by atoms with Crippen LogP contribution >= 0.6 is 11.3 Å². The Morgan fingerprint density at radius 3 is 2.32 bits per heavy atom. The molecule has 0 unspecified atom stereocenters. The number of hydrogen-bond donors (Lipinski definition) is 1. The number of ether oxygens (including phenoxy) is 2. The van der Waals surface area contributed by atoms with Gasteiger partial charge < -0.3 is 14.8 Å². The van der Waals surface area contributed by atoms with E-state index < -0.39 is 5.97 Å². The molecule has 1 aromatic heterocycles. The molecule has 0 radical (unpaired) electrons. The molecule has 0 bridgehead atoms. The van der Waals surface area contributed by atoms with Crippen molar-refractivity contribution in [3.8, 4) is 5.75 Å². The predicted molar refractivity (Wildman–Crippen MR) is 95.7 cm³/mol. The van der Waals surface area contributed by atoms with Crippen LogP contribution in [0.1, 0.15) is 38.1 Å². The minimum absolute atomic E-state index is 0.0388. The van der Waals surface area contributed by atoms with Crippen LogP contribution in [0.15, 0.2) is 24.3 Å². The summed E-state index contributed by atoms with van der Waals surface area (Å²) in [7, 11) is 1.30. The summed E-state index contributed by atoms with van der Waals surface area (Å²) in [5, 5.41) is 3.13. The first kappa shape index (κ1) is 18.7. The zero-order chi connectivity index (χ0) is 18.6. The summed E-state index contributed by atoms with van der Waals surface area (Å²) in [6.45, 7) is 4.94. The summed E-state index contributed by atoms with van der Waals surface area (Å²) in [6.07, 6.45) is 0. The average Bonchev–Trinajstić information content (AvgIpc) is 2.86. The fourth-order valence-electron chi connectivity index (χ4n) is 2.16. The molecule has 0 aliphatic rings. The van der Waals surface area contributed by atoms with Crippen LogP contribution in [0.2, 0.25) is 0 Å². The maximum atomic E-state index is 12.1. The van der Waals surface area contributed by atoms with Crippen LogP contribution in [0.25, 0.3) is 0 Å². The van der Waals surface area contributed by atoms with Gasteiger partial charge in [-0.05, 0) is 50.6 Å². The monoisotopic (exact) mass is 361 g/mol. The quantitative estimate of drug-likeness (QED) is 0.630. The highest BCUT2D eigenvalue weighted by Gasteiger charge is 2.21. The number of methoxy groups -OCH3 is 1. The third kappa shape index (κ3) is 4.45. The average molecular weight is 361 g/mol. The number of nitrogens with one attached hydrogen (secondary N) is 1. The van der Waals surface area contributed by atoms with Crippen molar-refractivity contribution in [1.82, 2.24) is 0 Å². The number of hydrogen-bond acceptors (Lipinski definition) is 6. The Labute approximate surface area is 149 Å². The van der Waals surface area contributed by atoms with Gasteiger partial charge in [0.2, 0.25) is 0 Å². The van der Waals surface area contributed by atoms with Gasteiger partial charge in [0.15, 0.2) is 12.4 Å². The number of carbonyl (C=O) groups excluding carboxylic acids is 3. The molecule has 1 heterocycles.